The van der Waals surface area contributed by atoms with Gasteiger partial charge in [0.2, 0.25) is 23.5 Å². The fourth-order valence-electron chi connectivity index (χ4n) is 3.56. The largest absolute Gasteiger partial charge is 0.339 e. The SMILES string of the molecule is Cc1ccc(-c2noc(CN3CCN(C(=O)CSCC(=O)Nc4ccccc4F)CC3)n2)cc1. The minimum Gasteiger partial charge on any atom is -0.339 e. The topological polar surface area (TPSA) is 91.6 Å². The first kappa shape index (κ1) is 23.9. The highest BCUT2D eigenvalue weighted by molar-refractivity contribution is 8.00. The van der Waals surface area contributed by atoms with Gasteiger partial charge in [0.1, 0.15) is 5.82 Å². The van der Waals surface area contributed by atoms with Crippen LogP contribution in [0.1, 0.15) is 11.5 Å². The number of benzene rings is 2. The van der Waals surface area contributed by atoms with Crippen LogP contribution < -0.4 is 5.32 Å². The highest BCUT2D eigenvalue weighted by Gasteiger charge is 2.23. The van der Waals surface area contributed by atoms with Gasteiger partial charge in [0.25, 0.3) is 0 Å². The van der Waals surface area contributed by atoms with Crippen LogP contribution in [0.5, 0.6) is 0 Å². The molecule has 1 N–H and O–H groups in total. The van der Waals surface area contributed by atoms with Crippen LogP contribution in [-0.2, 0) is 16.1 Å². The number of para-hydroxylation sites is 1. The first-order valence-electron chi connectivity index (χ1n) is 11.0. The Morgan fingerprint density at radius 2 is 1.79 bits per heavy atom. The van der Waals surface area contributed by atoms with Crippen molar-refractivity contribution in [2.24, 2.45) is 0 Å². The normalized spacial score (nSPS) is 14.2. The monoisotopic (exact) mass is 483 g/mol. The first-order valence-corrected chi connectivity index (χ1v) is 12.2. The van der Waals surface area contributed by atoms with Gasteiger partial charge in [0.15, 0.2) is 0 Å². The molecule has 3 aromatic rings. The molecule has 0 saturated carbocycles. The molecule has 0 aliphatic carbocycles. The number of aryl methyl sites for hydroxylation is 1. The van der Waals surface area contributed by atoms with Crippen LogP contribution in [0.4, 0.5) is 10.1 Å². The number of thioether (sulfide) groups is 1. The summed E-state index contributed by atoms with van der Waals surface area (Å²) in [5.41, 5.74) is 2.23. The van der Waals surface area contributed by atoms with Gasteiger partial charge in [0, 0.05) is 31.7 Å². The molecule has 2 amide bonds. The van der Waals surface area contributed by atoms with Crippen molar-refractivity contribution in [3.63, 3.8) is 0 Å². The summed E-state index contributed by atoms with van der Waals surface area (Å²) in [7, 11) is 0. The number of carbonyl (C=O) groups excluding carboxylic acids is 2. The Kier molecular flexibility index (Phi) is 7.91. The van der Waals surface area contributed by atoms with Gasteiger partial charge in [-0.3, -0.25) is 14.5 Å². The van der Waals surface area contributed by atoms with Crippen LogP contribution in [0.2, 0.25) is 0 Å². The summed E-state index contributed by atoms with van der Waals surface area (Å²) in [5.74, 6) is 0.572. The summed E-state index contributed by atoms with van der Waals surface area (Å²) < 4.78 is 19.0. The zero-order valence-corrected chi connectivity index (χ0v) is 19.7. The van der Waals surface area contributed by atoms with Crippen molar-refractivity contribution in [3.05, 3.63) is 65.8 Å². The quantitative estimate of drug-likeness (QED) is 0.526. The van der Waals surface area contributed by atoms with Crippen molar-refractivity contribution in [1.82, 2.24) is 19.9 Å². The van der Waals surface area contributed by atoms with Gasteiger partial charge in [0.05, 0.1) is 23.7 Å². The molecule has 10 heteroatoms. The molecule has 1 aromatic heterocycles. The molecule has 34 heavy (non-hydrogen) atoms. The second kappa shape index (κ2) is 11.3. The molecule has 0 atom stereocenters. The maximum Gasteiger partial charge on any atom is 0.241 e. The molecule has 4 rings (SSSR count). The number of carbonyl (C=O) groups is 2. The maximum absolute atomic E-state index is 13.6. The van der Waals surface area contributed by atoms with Gasteiger partial charge in [-0.2, -0.15) is 4.98 Å². The molecule has 1 aliphatic rings. The van der Waals surface area contributed by atoms with Gasteiger partial charge < -0.3 is 14.7 Å². The second-order valence-electron chi connectivity index (χ2n) is 8.06. The van der Waals surface area contributed by atoms with E-state index in [1.54, 1.807) is 17.0 Å². The molecule has 0 bridgehead atoms. The van der Waals surface area contributed by atoms with Crippen molar-refractivity contribution in [2.45, 2.75) is 13.5 Å². The molecule has 0 radical (unpaired) electrons. The number of aromatic nitrogens is 2. The Hall–Kier alpha value is -3.24. The summed E-state index contributed by atoms with van der Waals surface area (Å²) in [6.45, 7) is 5.16. The fraction of sp³-hybridized carbons (Fsp3) is 0.333. The maximum atomic E-state index is 13.6. The highest BCUT2D eigenvalue weighted by atomic mass is 32.2. The smallest absolute Gasteiger partial charge is 0.241 e. The minimum absolute atomic E-state index is 0.0113. The van der Waals surface area contributed by atoms with E-state index < -0.39 is 5.82 Å². The zero-order chi connectivity index (χ0) is 23.9. The van der Waals surface area contributed by atoms with E-state index in [0.717, 1.165) is 5.56 Å². The van der Waals surface area contributed by atoms with E-state index in [1.807, 2.05) is 31.2 Å². The molecule has 1 saturated heterocycles. The fourth-order valence-corrected chi connectivity index (χ4v) is 4.27. The third-order valence-electron chi connectivity index (χ3n) is 5.47. The van der Waals surface area contributed by atoms with Crippen molar-refractivity contribution >= 4 is 29.3 Å². The average Bonchev–Trinajstić information content (AvgIpc) is 3.30. The number of nitrogens with one attached hydrogen (secondary N) is 1. The molecule has 0 unspecified atom stereocenters. The summed E-state index contributed by atoms with van der Waals surface area (Å²) in [6.07, 6.45) is 0. The molecule has 178 valence electrons. The standard InChI is InChI=1S/C24H26FN5O3S/c1-17-6-8-18(9-7-17)24-27-22(33-28-24)14-29-10-12-30(13-11-29)23(32)16-34-15-21(31)26-20-5-3-2-4-19(20)25/h2-9H,10-16H2,1H3,(H,26,31). The molecule has 8 nitrogen and oxygen atoms in total. The van der Waals surface area contributed by atoms with E-state index in [1.165, 1.54) is 29.5 Å². The minimum atomic E-state index is -0.485. The Labute approximate surface area is 201 Å². The molecular weight excluding hydrogens is 457 g/mol. The molecule has 0 spiro atoms. The third-order valence-corrected chi connectivity index (χ3v) is 6.39. The summed E-state index contributed by atoms with van der Waals surface area (Å²) in [6, 6.07) is 13.9. The van der Waals surface area contributed by atoms with Gasteiger partial charge in [-0.15, -0.1) is 11.8 Å². The Bertz CT molecular complexity index is 1130. The molecule has 1 aliphatic heterocycles. The lowest BCUT2D eigenvalue weighted by Gasteiger charge is -2.33. The lowest BCUT2D eigenvalue weighted by molar-refractivity contribution is -0.130. The third kappa shape index (κ3) is 6.42. The predicted octanol–water partition coefficient (Wildman–Crippen LogP) is 3.20. The number of piperazine rings is 1. The summed E-state index contributed by atoms with van der Waals surface area (Å²) in [4.78, 5) is 32.9. The van der Waals surface area contributed by atoms with E-state index in [4.69, 9.17) is 4.52 Å². The van der Waals surface area contributed by atoms with E-state index >= 15 is 0 Å². The van der Waals surface area contributed by atoms with Crippen LogP contribution in [0, 0.1) is 12.7 Å². The van der Waals surface area contributed by atoms with E-state index in [-0.39, 0.29) is 29.0 Å². The van der Waals surface area contributed by atoms with Crippen LogP contribution in [-0.4, -0.2) is 69.4 Å². The lowest BCUT2D eigenvalue weighted by atomic mass is 10.1. The van der Waals surface area contributed by atoms with E-state index in [2.05, 4.69) is 20.4 Å². The van der Waals surface area contributed by atoms with Gasteiger partial charge in [-0.05, 0) is 19.1 Å². The van der Waals surface area contributed by atoms with Crippen LogP contribution in [0.25, 0.3) is 11.4 Å². The van der Waals surface area contributed by atoms with Crippen LogP contribution in [0.15, 0.2) is 53.1 Å². The zero-order valence-electron chi connectivity index (χ0n) is 18.9. The molecule has 2 heterocycles. The van der Waals surface area contributed by atoms with Crippen molar-refractivity contribution in [1.29, 1.82) is 0 Å². The Morgan fingerprint density at radius 1 is 1.06 bits per heavy atom. The summed E-state index contributed by atoms with van der Waals surface area (Å²) >= 11 is 1.22. The Morgan fingerprint density at radius 3 is 2.53 bits per heavy atom. The number of nitrogens with zero attached hydrogens (tertiary/aromatic N) is 4. The average molecular weight is 484 g/mol. The van der Waals surface area contributed by atoms with Crippen LogP contribution in [0.3, 0.4) is 0 Å². The van der Waals surface area contributed by atoms with Gasteiger partial charge >= 0.3 is 0 Å². The van der Waals surface area contributed by atoms with Crippen molar-refractivity contribution in [3.8, 4) is 11.4 Å². The van der Waals surface area contributed by atoms with E-state index in [9.17, 15) is 14.0 Å². The lowest BCUT2D eigenvalue weighted by Crippen LogP contribution is -2.48. The summed E-state index contributed by atoms with van der Waals surface area (Å²) in [5, 5.41) is 6.59. The number of rotatable bonds is 8. The number of amides is 2. The number of hydrogen-bond acceptors (Lipinski definition) is 7. The molecular formula is C24H26FN5O3S. The molecule has 2 aromatic carbocycles. The van der Waals surface area contributed by atoms with Crippen molar-refractivity contribution in [2.75, 3.05) is 43.0 Å². The van der Waals surface area contributed by atoms with Gasteiger partial charge in [-0.25, -0.2) is 4.39 Å². The second-order valence-corrected chi connectivity index (χ2v) is 9.04. The highest BCUT2D eigenvalue weighted by Crippen LogP contribution is 2.18. The number of halogens is 1. The van der Waals surface area contributed by atoms with E-state index in [0.29, 0.717) is 44.4 Å². The van der Waals surface area contributed by atoms with Crippen molar-refractivity contribution < 1.29 is 18.5 Å². The predicted molar refractivity (Wildman–Crippen MR) is 129 cm³/mol. The number of hydrogen-bond donors (Lipinski definition) is 1. The first-order chi connectivity index (χ1) is 16.5. The van der Waals surface area contributed by atoms with Gasteiger partial charge in [-0.1, -0.05) is 47.1 Å². The Balaban J connectivity index is 1.17. The molecule has 1 fully saturated rings. The number of anilines is 1. The van der Waals surface area contributed by atoms with Crippen LogP contribution >= 0.6 is 11.8 Å².